The third-order valence-corrected chi connectivity index (χ3v) is 7.40. The summed E-state index contributed by atoms with van der Waals surface area (Å²) in [6.07, 6.45) is 3.04. The first-order chi connectivity index (χ1) is 17.9. The molecule has 37 heavy (non-hydrogen) atoms. The molecule has 188 valence electrons. The zero-order valence-electron chi connectivity index (χ0n) is 20.6. The van der Waals surface area contributed by atoms with Gasteiger partial charge in [0.15, 0.2) is 0 Å². The average Bonchev–Trinajstić information content (AvgIpc) is 3.62. The average molecular weight is 497 g/mol. The number of phenols is 1. The van der Waals surface area contributed by atoms with Crippen molar-refractivity contribution in [2.75, 3.05) is 22.9 Å². The molecule has 2 fully saturated rings. The standard InChI is InChI=1S/C30H28N2O5/c1-18-15-21-16-20(7-12-25(21)37-18)28(34)26-27(19-5-4-6-24(33)17-19)32(30(36)29(26)35)23-10-8-22(9-11-23)31-13-2-3-14-31/h4-12,16-18,27,33-34H,2-3,13-15H2,1H3/b28-26-. The lowest BCUT2D eigenvalue weighted by molar-refractivity contribution is -0.132. The summed E-state index contributed by atoms with van der Waals surface area (Å²) >= 11 is 0. The molecule has 2 unspecified atom stereocenters. The molecule has 2 atom stereocenters. The van der Waals surface area contributed by atoms with E-state index >= 15 is 0 Å². The molecule has 6 rings (SSSR count). The highest BCUT2D eigenvalue weighted by molar-refractivity contribution is 6.51. The van der Waals surface area contributed by atoms with Crippen molar-refractivity contribution < 1.29 is 24.5 Å². The van der Waals surface area contributed by atoms with E-state index in [-0.39, 0.29) is 23.2 Å². The minimum absolute atomic E-state index is 0.00821. The van der Waals surface area contributed by atoms with E-state index in [4.69, 9.17) is 4.74 Å². The van der Waals surface area contributed by atoms with Crippen molar-refractivity contribution in [2.24, 2.45) is 0 Å². The number of Topliss-reactive ketones (excluding diaryl/α,β-unsaturated/α-hetero) is 1. The smallest absolute Gasteiger partial charge is 0.300 e. The van der Waals surface area contributed by atoms with E-state index in [0.29, 0.717) is 23.2 Å². The Balaban J connectivity index is 1.46. The zero-order valence-corrected chi connectivity index (χ0v) is 20.6. The number of amides is 1. The highest BCUT2D eigenvalue weighted by atomic mass is 16.5. The van der Waals surface area contributed by atoms with Gasteiger partial charge in [-0.3, -0.25) is 14.5 Å². The molecular formula is C30H28N2O5. The summed E-state index contributed by atoms with van der Waals surface area (Å²) in [5, 5.41) is 21.6. The maximum Gasteiger partial charge on any atom is 0.300 e. The summed E-state index contributed by atoms with van der Waals surface area (Å²) in [5.74, 6) is -0.963. The van der Waals surface area contributed by atoms with E-state index in [9.17, 15) is 19.8 Å². The van der Waals surface area contributed by atoms with Crippen molar-refractivity contribution in [1.29, 1.82) is 0 Å². The summed E-state index contributed by atoms with van der Waals surface area (Å²) in [5.41, 5.74) is 3.53. The van der Waals surface area contributed by atoms with E-state index in [1.165, 1.54) is 17.0 Å². The van der Waals surface area contributed by atoms with Crippen molar-refractivity contribution in [3.8, 4) is 11.5 Å². The van der Waals surface area contributed by atoms with Crippen molar-refractivity contribution in [2.45, 2.75) is 38.3 Å². The van der Waals surface area contributed by atoms with Gasteiger partial charge in [-0.15, -0.1) is 0 Å². The van der Waals surface area contributed by atoms with E-state index in [1.54, 1.807) is 24.3 Å². The number of carbonyl (C=O) groups excluding carboxylic acids is 2. The second kappa shape index (κ2) is 9.00. The Morgan fingerprint density at radius 2 is 1.68 bits per heavy atom. The molecule has 0 aromatic heterocycles. The molecule has 2 N–H and O–H groups in total. The molecular weight excluding hydrogens is 468 g/mol. The van der Waals surface area contributed by atoms with Crippen molar-refractivity contribution in [3.05, 3.63) is 89.0 Å². The Hall–Kier alpha value is -4.26. The first kappa shape index (κ1) is 23.2. The van der Waals surface area contributed by atoms with Gasteiger partial charge in [-0.05, 0) is 85.5 Å². The third-order valence-electron chi connectivity index (χ3n) is 7.40. The monoisotopic (exact) mass is 496 g/mol. The van der Waals surface area contributed by atoms with Crippen molar-refractivity contribution in [3.63, 3.8) is 0 Å². The summed E-state index contributed by atoms with van der Waals surface area (Å²) in [7, 11) is 0. The molecule has 7 nitrogen and oxygen atoms in total. The van der Waals surface area contributed by atoms with Crippen LogP contribution < -0.4 is 14.5 Å². The summed E-state index contributed by atoms with van der Waals surface area (Å²) in [6, 6.07) is 18.4. The van der Waals surface area contributed by atoms with Gasteiger partial charge in [0.25, 0.3) is 11.7 Å². The van der Waals surface area contributed by atoms with E-state index in [1.807, 2.05) is 37.3 Å². The summed E-state index contributed by atoms with van der Waals surface area (Å²) < 4.78 is 5.77. The number of nitrogens with zero attached hydrogens (tertiary/aromatic N) is 2. The van der Waals surface area contributed by atoms with Crippen molar-refractivity contribution >= 4 is 28.8 Å². The van der Waals surface area contributed by atoms with Gasteiger partial charge in [-0.25, -0.2) is 0 Å². The molecule has 0 radical (unpaired) electrons. The SMILES string of the molecule is CC1Cc2cc(/C(O)=C3/C(=O)C(=O)N(c4ccc(N5CCCC5)cc4)C3c3cccc(O)c3)ccc2O1. The number of benzene rings is 3. The van der Waals surface area contributed by atoms with Crippen LogP contribution in [0.25, 0.3) is 5.76 Å². The lowest BCUT2D eigenvalue weighted by Gasteiger charge is -2.26. The van der Waals surface area contributed by atoms with E-state index in [2.05, 4.69) is 4.90 Å². The molecule has 3 aliphatic heterocycles. The third kappa shape index (κ3) is 4.00. The fourth-order valence-corrected chi connectivity index (χ4v) is 5.63. The molecule has 0 saturated carbocycles. The minimum atomic E-state index is -0.895. The molecule has 0 spiro atoms. The number of anilines is 2. The Bertz CT molecular complexity index is 1420. The number of aliphatic hydroxyl groups excluding tert-OH is 1. The number of aromatic hydroxyl groups is 1. The van der Waals surface area contributed by atoms with Crippen LogP contribution >= 0.6 is 0 Å². The maximum atomic E-state index is 13.4. The first-order valence-corrected chi connectivity index (χ1v) is 12.7. The first-order valence-electron chi connectivity index (χ1n) is 12.7. The molecule has 7 heteroatoms. The van der Waals surface area contributed by atoms with Gasteiger partial charge in [0.05, 0.1) is 11.6 Å². The summed E-state index contributed by atoms with van der Waals surface area (Å²) in [4.78, 5) is 30.6. The van der Waals surface area contributed by atoms with Crippen LogP contribution in [0.4, 0.5) is 11.4 Å². The van der Waals surface area contributed by atoms with Gasteiger partial charge < -0.3 is 19.8 Å². The van der Waals surface area contributed by atoms with Gasteiger partial charge in [0.1, 0.15) is 23.4 Å². The number of phenolic OH excluding ortho intramolecular Hbond substituents is 1. The van der Waals surface area contributed by atoms with Crippen LogP contribution in [0.2, 0.25) is 0 Å². The van der Waals surface area contributed by atoms with Gasteiger partial charge >= 0.3 is 0 Å². The van der Waals surface area contributed by atoms with Crippen LogP contribution in [0.5, 0.6) is 11.5 Å². The largest absolute Gasteiger partial charge is 0.508 e. The predicted octanol–water partition coefficient (Wildman–Crippen LogP) is 4.94. The van der Waals surface area contributed by atoms with Crippen LogP contribution in [0.1, 0.15) is 42.5 Å². The molecule has 2 saturated heterocycles. The number of carbonyl (C=O) groups is 2. The van der Waals surface area contributed by atoms with Crippen LogP contribution in [-0.2, 0) is 16.0 Å². The van der Waals surface area contributed by atoms with E-state index in [0.717, 1.165) is 42.9 Å². The van der Waals surface area contributed by atoms with Crippen LogP contribution in [-0.4, -0.2) is 41.1 Å². The van der Waals surface area contributed by atoms with Crippen molar-refractivity contribution in [1.82, 2.24) is 0 Å². The molecule has 3 heterocycles. The fourth-order valence-electron chi connectivity index (χ4n) is 5.63. The minimum Gasteiger partial charge on any atom is -0.508 e. The molecule has 3 aromatic rings. The number of fused-ring (bicyclic) bond motifs is 1. The number of ketones is 1. The number of hydrogen-bond donors (Lipinski definition) is 2. The van der Waals surface area contributed by atoms with Gasteiger partial charge in [-0.1, -0.05) is 12.1 Å². The Kier molecular flexibility index (Phi) is 5.63. The highest BCUT2D eigenvalue weighted by Gasteiger charge is 2.47. The lowest BCUT2D eigenvalue weighted by Crippen LogP contribution is -2.29. The number of aliphatic hydroxyl groups is 1. The van der Waals surface area contributed by atoms with E-state index < -0.39 is 17.7 Å². The molecule has 0 bridgehead atoms. The topological polar surface area (TPSA) is 90.3 Å². The number of rotatable bonds is 4. The van der Waals surface area contributed by atoms with Gasteiger partial charge in [0.2, 0.25) is 0 Å². The van der Waals surface area contributed by atoms with Crippen LogP contribution in [0, 0.1) is 0 Å². The van der Waals surface area contributed by atoms with Crippen LogP contribution in [0.3, 0.4) is 0 Å². The molecule has 3 aromatic carbocycles. The predicted molar refractivity (Wildman–Crippen MR) is 141 cm³/mol. The molecule has 3 aliphatic rings. The van der Waals surface area contributed by atoms with Gasteiger partial charge in [0, 0.05) is 36.4 Å². The molecule has 0 aliphatic carbocycles. The van der Waals surface area contributed by atoms with Gasteiger partial charge in [-0.2, -0.15) is 0 Å². The maximum absolute atomic E-state index is 13.4. The quantitative estimate of drug-likeness (QED) is 0.302. The second-order valence-electron chi connectivity index (χ2n) is 9.93. The normalized spacial score (nSPS) is 22.4. The van der Waals surface area contributed by atoms with Crippen LogP contribution in [0.15, 0.2) is 72.3 Å². The lowest BCUT2D eigenvalue weighted by atomic mass is 9.94. The zero-order chi connectivity index (χ0) is 25.7. The Morgan fingerprint density at radius 3 is 2.41 bits per heavy atom. The highest BCUT2D eigenvalue weighted by Crippen LogP contribution is 2.43. The number of hydrogen-bond acceptors (Lipinski definition) is 6. The Labute approximate surface area is 215 Å². The summed E-state index contributed by atoms with van der Waals surface area (Å²) in [6.45, 7) is 3.97. The Morgan fingerprint density at radius 1 is 0.946 bits per heavy atom. The number of ether oxygens (including phenoxy) is 1. The molecule has 1 amide bonds. The second-order valence-corrected chi connectivity index (χ2v) is 9.93. The fraction of sp³-hybridized carbons (Fsp3) is 0.267.